The molecule has 0 fully saturated rings. The minimum atomic E-state index is -4.18. The average Bonchev–Trinajstić information content (AvgIpc) is 2.88. The highest BCUT2D eigenvalue weighted by Crippen LogP contribution is 2.33. The van der Waals surface area contributed by atoms with Gasteiger partial charge in [-0.3, -0.25) is 9.10 Å². The molecule has 4 rings (SSSR count). The molecule has 0 saturated heterocycles. The van der Waals surface area contributed by atoms with Crippen LogP contribution in [0.2, 0.25) is 0 Å². The normalized spacial score (nSPS) is 11.1. The lowest BCUT2D eigenvalue weighted by Crippen LogP contribution is -2.38. The second kappa shape index (κ2) is 11.4. The zero-order chi connectivity index (χ0) is 27.3. The third-order valence-corrected chi connectivity index (χ3v) is 7.60. The maximum absolute atomic E-state index is 14.0. The number of nitrogens with zero attached hydrogens (tertiary/aromatic N) is 1. The van der Waals surface area contributed by atoms with Gasteiger partial charge in [-0.2, -0.15) is 0 Å². The van der Waals surface area contributed by atoms with Crippen LogP contribution in [0.5, 0.6) is 17.2 Å². The molecule has 0 radical (unpaired) electrons. The van der Waals surface area contributed by atoms with Crippen molar-refractivity contribution in [2.45, 2.75) is 25.7 Å². The van der Waals surface area contributed by atoms with Gasteiger partial charge in [-0.15, -0.1) is 0 Å². The van der Waals surface area contributed by atoms with E-state index in [0.717, 1.165) is 21.0 Å². The number of rotatable bonds is 9. The van der Waals surface area contributed by atoms with Crippen LogP contribution in [0.25, 0.3) is 0 Å². The van der Waals surface area contributed by atoms with Gasteiger partial charge in [0.15, 0.2) is 5.75 Å². The predicted molar refractivity (Wildman–Crippen MR) is 150 cm³/mol. The van der Waals surface area contributed by atoms with Crippen LogP contribution in [0.1, 0.15) is 16.7 Å². The SMILES string of the molecule is COc1ccc(C)cc1S(=O)(=O)N(CC(=O)Nc1ccccc1Oc1ccccc1)c1cc(C)cc(C)c1. The van der Waals surface area contributed by atoms with Crippen molar-refractivity contribution in [3.05, 3.63) is 108 Å². The van der Waals surface area contributed by atoms with Crippen molar-refractivity contribution in [2.75, 3.05) is 23.3 Å². The zero-order valence-electron chi connectivity index (χ0n) is 21.8. The maximum atomic E-state index is 14.0. The van der Waals surface area contributed by atoms with Gasteiger partial charge >= 0.3 is 0 Å². The van der Waals surface area contributed by atoms with E-state index in [-0.39, 0.29) is 10.6 Å². The molecule has 7 nitrogen and oxygen atoms in total. The van der Waals surface area contributed by atoms with Gasteiger partial charge in [-0.05, 0) is 86.0 Å². The molecule has 8 heteroatoms. The summed E-state index contributed by atoms with van der Waals surface area (Å²) in [5.41, 5.74) is 3.31. The monoisotopic (exact) mass is 530 g/mol. The van der Waals surface area contributed by atoms with Crippen molar-refractivity contribution in [3.63, 3.8) is 0 Å². The van der Waals surface area contributed by atoms with Gasteiger partial charge in [0.1, 0.15) is 22.9 Å². The number of hydrogen-bond donors (Lipinski definition) is 1. The summed E-state index contributed by atoms with van der Waals surface area (Å²) in [6.07, 6.45) is 0. The van der Waals surface area contributed by atoms with Crippen molar-refractivity contribution >= 4 is 27.3 Å². The van der Waals surface area contributed by atoms with Crippen molar-refractivity contribution in [2.24, 2.45) is 0 Å². The molecule has 0 aliphatic heterocycles. The second-order valence-electron chi connectivity index (χ2n) is 8.97. The summed E-state index contributed by atoms with van der Waals surface area (Å²) in [4.78, 5) is 13.4. The van der Waals surface area contributed by atoms with Gasteiger partial charge < -0.3 is 14.8 Å². The molecule has 0 spiro atoms. The van der Waals surface area contributed by atoms with Crippen molar-refractivity contribution in [3.8, 4) is 17.2 Å². The quantitative estimate of drug-likeness (QED) is 0.277. The fourth-order valence-electron chi connectivity index (χ4n) is 4.11. The van der Waals surface area contributed by atoms with Crippen LogP contribution < -0.4 is 19.1 Å². The molecule has 4 aromatic carbocycles. The predicted octanol–water partition coefficient (Wildman–Crippen LogP) is 6.25. The van der Waals surface area contributed by atoms with Crippen LogP contribution in [0.3, 0.4) is 0 Å². The molecule has 38 heavy (non-hydrogen) atoms. The molecule has 0 aliphatic carbocycles. The number of carbonyl (C=O) groups excluding carboxylic acids is 1. The Balaban J connectivity index is 1.70. The highest BCUT2D eigenvalue weighted by atomic mass is 32.2. The first kappa shape index (κ1) is 26.8. The number of sulfonamides is 1. The highest BCUT2D eigenvalue weighted by Gasteiger charge is 2.30. The number of benzene rings is 4. The summed E-state index contributed by atoms with van der Waals surface area (Å²) in [7, 11) is -2.76. The Morgan fingerprint density at radius 1 is 0.789 bits per heavy atom. The summed E-state index contributed by atoms with van der Waals surface area (Å²) in [6, 6.07) is 26.6. The Hall–Kier alpha value is -4.30. The smallest absolute Gasteiger partial charge is 0.268 e. The largest absolute Gasteiger partial charge is 0.495 e. The van der Waals surface area contributed by atoms with E-state index in [4.69, 9.17) is 9.47 Å². The van der Waals surface area contributed by atoms with Crippen LogP contribution in [0, 0.1) is 20.8 Å². The van der Waals surface area contributed by atoms with E-state index in [1.54, 1.807) is 61.5 Å². The van der Waals surface area contributed by atoms with Crippen LogP contribution in [0.15, 0.2) is 95.9 Å². The van der Waals surface area contributed by atoms with Gasteiger partial charge in [-0.25, -0.2) is 8.42 Å². The van der Waals surface area contributed by atoms with E-state index in [0.29, 0.717) is 22.9 Å². The first-order chi connectivity index (χ1) is 18.2. The fourth-order valence-corrected chi connectivity index (χ4v) is 5.76. The topological polar surface area (TPSA) is 84.9 Å². The molecule has 1 N–H and O–H groups in total. The minimum Gasteiger partial charge on any atom is -0.495 e. The summed E-state index contributed by atoms with van der Waals surface area (Å²) in [6.45, 7) is 5.11. The Kier molecular flexibility index (Phi) is 8.02. The lowest BCUT2D eigenvalue weighted by Gasteiger charge is -2.26. The molecule has 1 amide bonds. The number of anilines is 2. The average molecular weight is 531 g/mol. The highest BCUT2D eigenvalue weighted by molar-refractivity contribution is 7.93. The van der Waals surface area contributed by atoms with E-state index in [9.17, 15) is 13.2 Å². The van der Waals surface area contributed by atoms with E-state index in [1.807, 2.05) is 50.2 Å². The van der Waals surface area contributed by atoms with Gasteiger partial charge in [0, 0.05) is 0 Å². The molecule has 0 aliphatic rings. The first-order valence-electron chi connectivity index (χ1n) is 12.0. The summed E-state index contributed by atoms with van der Waals surface area (Å²) >= 11 is 0. The molecular weight excluding hydrogens is 500 g/mol. The van der Waals surface area contributed by atoms with Crippen LogP contribution in [-0.4, -0.2) is 28.0 Å². The Labute approximate surface area is 223 Å². The van der Waals surface area contributed by atoms with E-state index in [1.165, 1.54) is 7.11 Å². The summed E-state index contributed by atoms with van der Waals surface area (Å²) < 4.78 is 40.5. The standard InChI is InChI=1S/C30H30N2O5S/c1-21-14-15-28(36-4)29(19-21)38(34,35)32(24-17-22(2)16-23(3)18-24)20-30(33)31-26-12-8-9-13-27(26)37-25-10-6-5-7-11-25/h5-19H,20H2,1-4H3,(H,31,33). The number of ether oxygens (including phenoxy) is 2. The van der Waals surface area contributed by atoms with Crippen LogP contribution in [-0.2, 0) is 14.8 Å². The maximum Gasteiger partial charge on any atom is 0.268 e. The molecule has 0 unspecified atom stereocenters. The number of nitrogens with one attached hydrogen (secondary N) is 1. The molecular formula is C30H30N2O5S. The van der Waals surface area contributed by atoms with Crippen molar-refractivity contribution in [1.82, 2.24) is 0 Å². The Morgan fingerprint density at radius 3 is 2.13 bits per heavy atom. The Bertz CT molecular complexity index is 1530. The van der Waals surface area contributed by atoms with Gasteiger partial charge in [0.2, 0.25) is 5.91 Å². The Morgan fingerprint density at radius 2 is 1.45 bits per heavy atom. The lowest BCUT2D eigenvalue weighted by molar-refractivity contribution is -0.114. The van der Waals surface area contributed by atoms with Gasteiger partial charge in [0.25, 0.3) is 10.0 Å². The summed E-state index contributed by atoms with van der Waals surface area (Å²) in [5.74, 6) is 0.726. The van der Waals surface area contributed by atoms with Gasteiger partial charge in [0.05, 0.1) is 18.5 Å². The minimum absolute atomic E-state index is 0.0141. The van der Waals surface area contributed by atoms with Crippen LogP contribution in [0.4, 0.5) is 11.4 Å². The second-order valence-corrected chi connectivity index (χ2v) is 10.8. The van der Waals surface area contributed by atoms with Crippen molar-refractivity contribution < 1.29 is 22.7 Å². The number of methoxy groups -OCH3 is 1. The third kappa shape index (κ3) is 6.15. The molecule has 4 aromatic rings. The van der Waals surface area contributed by atoms with E-state index < -0.39 is 22.5 Å². The number of carbonyl (C=O) groups is 1. The molecule has 0 heterocycles. The molecule has 196 valence electrons. The molecule has 0 saturated carbocycles. The molecule has 0 atom stereocenters. The number of amides is 1. The number of aryl methyl sites for hydroxylation is 3. The molecule has 0 bridgehead atoms. The first-order valence-corrected chi connectivity index (χ1v) is 13.5. The number of hydrogen-bond acceptors (Lipinski definition) is 5. The van der Waals surface area contributed by atoms with Gasteiger partial charge in [-0.1, -0.05) is 42.5 Å². The number of para-hydroxylation sites is 3. The lowest BCUT2D eigenvalue weighted by atomic mass is 10.1. The zero-order valence-corrected chi connectivity index (χ0v) is 22.6. The van der Waals surface area contributed by atoms with E-state index >= 15 is 0 Å². The van der Waals surface area contributed by atoms with Crippen LogP contribution >= 0.6 is 0 Å². The third-order valence-electron chi connectivity index (χ3n) is 5.80. The summed E-state index contributed by atoms with van der Waals surface area (Å²) in [5, 5.41) is 2.82. The van der Waals surface area contributed by atoms with Crippen molar-refractivity contribution in [1.29, 1.82) is 0 Å². The fraction of sp³-hybridized carbons (Fsp3) is 0.167. The van der Waals surface area contributed by atoms with E-state index in [2.05, 4.69) is 5.32 Å². The molecule has 0 aromatic heterocycles.